The lowest BCUT2D eigenvalue weighted by Gasteiger charge is -2.32. The molecule has 196 valence electrons. The molecule has 1 N–H and O–H groups in total. The number of anilines is 1. The van der Waals surface area contributed by atoms with Crippen LogP contribution in [-0.4, -0.2) is 44.8 Å². The molecule has 0 aliphatic carbocycles. The lowest BCUT2D eigenvalue weighted by atomic mass is 10.1. The van der Waals surface area contributed by atoms with Crippen molar-refractivity contribution in [3.63, 3.8) is 0 Å². The van der Waals surface area contributed by atoms with Crippen LogP contribution in [0, 0.1) is 13.8 Å². The van der Waals surface area contributed by atoms with Crippen LogP contribution >= 0.6 is 23.2 Å². The number of rotatable bonds is 9. The number of benzene rings is 3. The van der Waals surface area contributed by atoms with Crippen molar-refractivity contribution in [3.05, 3.63) is 93.5 Å². The van der Waals surface area contributed by atoms with E-state index in [9.17, 15) is 18.0 Å². The van der Waals surface area contributed by atoms with Gasteiger partial charge < -0.3 is 10.2 Å². The molecule has 0 saturated heterocycles. The Labute approximate surface area is 228 Å². The topological polar surface area (TPSA) is 86.8 Å². The van der Waals surface area contributed by atoms with Crippen molar-refractivity contribution < 1.29 is 18.0 Å². The molecule has 0 heterocycles. The maximum absolute atomic E-state index is 13.8. The summed E-state index contributed by atoms with van der Waals surface area (Å²) in [4.78, 5) is 27.6. The van der Waals surface area contributed by atoms with E-state index in [1.54, 1.807) is 62.4 Å². The van der Waals surface area contributed by atoms with Gasteiger partial charge >= 0.3 is 0 Å². The average molecular weight is 563 g/mol. The zero-order valence-corrected chi connectivity index (χ0v) is 23.4. The Morgan fingerprint density at radius 1 is 0.946 bits per heavy atom. The number of halogens is 2. The van der Waals surface area contributed by atoms with E-state index in [0.717, 1.165) is 15.4 Å². The lowest BCUT2D eigenvalue weighted by Crippen LogP contribution is -2.50. The molecule has 3 rings (SSSR count). The minimum absolute atomic E-state index is 0.0141. The summed E-state index contributed by atoms with van der Waals surface area (Å²) >= 11 is 12.7. The van der Waals surface area contributed by atoms with Crippen LogP contribution in [0.15, 0.2) is 71.6 Å². The molecular weight excluding hydrogens is 533 g/mol. The van der Waals surface area contributed by atoms with Gasteiger partial charge in [-0.1, -0.05) is 65.2 Å². The van der Waals surface area contributed by atoms with Crippen LogP contribution in [0.2, 0.25) is 10.0 Å². The Bertz CT molecular complexity index is 1400. The van der Waals surface area contributed by atoms with E-state index in [-0.39, 0.29) is 17.1 Å². The van der Waals surface area contributed by atoms with Crippen molar-refractivity contribution >= 4 is 50.7 Å². The predicted octanol–water partition coefficient (Wildman–Crippen LogP) is 4.97. The number of amides is 2. The Hall–Kier alpha value is -3.07. The fourth-order valence-electron chi connectivity index (χ4n) is 3.70. The molecule has 0 unspecified atom stereocenters. The number of likely N-dealkylation sites (N-methyl/N-ethyl adjacent to an activating group) is 1. The Kier molecular flexibility index (Phi) is 9.23. The minimum atomic E-state index is -4.16. The van der Waals surface area contributed by atoms with Gasteiger partial charge in [-0.2, -0.15) is 0 Å². The van der Waals surface area contributed by atoms with Crippen LogP contribution in [0.25, 0.3) is 0 Å². The van der Waals surface area contributed by atoms with E-state index >= 15 is 0 Å². The highest BCUT2D eigenvalue weighted by Crippen LogP contribution is 2.29. The van der Waals surface area contributed by atoms with Crippen LogP contribution in [0.4, 0.5) is 5.69 Å². The molecule has 1 atom stereocenters. The third kappa shape index (κ3) is 6.63. The average Bonchev–Trinajstić information content (AvgIpc) is 2.87. The molecule has 2 amide bonds. The zero-order chi connectivity index (χ0) is 27.3. The smallest absolute Gasteiger partial charge is 0.264 e. The number of nitrogens with one attached hydrogen (secondary N) is 1. The molecule has 3 aromatic rings. The number of nitrogens with zero attached hydrogens (tertiary/aromatic N) is 2. The number of hydrogen-bond donors (Lipinski definition) is 1. The van der Waals surface area contributed by atoms with Gasteiger partial charge in [-0.15, -0.1) is 0 Å². The lowest BCUT2D eigenvalue weighted by molar-refractivity contribution is -0.139. The Morgan fingerprint density at radius 2 is 1.59 bits per heavy atom. The van der Waals surface area contributed by atoms with Gasteiger partial charge in [0.1, 0.15) is 12.6 Å². The molecule has 0 fully saturated rings. The summed E-state index contributed by atoms with van der Waals surface area (Å²) < 4.78 is 28.6. The zero-order valence-electron chi connectivity index (χ0n) is 21.0. The molecule has 37 heavy (non-hydrogen) atoms. The molecule has 0 spiro atoms. The summed E-state index contributed by atoms with van der Waals surface area (Å²) in [6.07, 6.45) is 0. The molecule has 0 aromatic heterocycles. The van der Waals surface area contributed by atoms with Crippen LogP contribution in [-0.2, 0) is 26.2 Å². The summed E-state index contributed by atoms with van der Waals surface area (Å²) in [5.41, 5.74) is 2.51. The van der Waals surface area contributed by atoms with Crippen LogP contribution < -0.4 is 9.62 Å². The summed E-state index contributed by atoms with van der Waals surface area (Å²) in [5.74, 6) is -0.977. The number of sulfonamides is 1. The first-order valence-electron chi connectivity index (χ1n) is 11.6. The summed E-state index contributed by atoms with van der Waals surface area (Å²) in [6.45, 7) is 4.69. The van der Waals surface area contributed by atoms with Gasteiger partial charge in [-0.25, -0.2) is 8.42 Å². The van der Waals surface area contributed by atoms with Crippen molar-refractivity contribution in [1.29, 1.82) is 0 Å². The molecule has 0 saturated carbocycles. The van der Waals surface area contributed by atoms with Gasteiger partial charge in [-0.05, 0) is 62.2 Å². The van der Waals surface area contributed by atoms with Crippen molar-refractivity contribution in [3.8, 4) is 0 Å². The standard InChI is InChI=1S/C27H29Cl2N3O4S/c1-18-9-13-23(14-10-18)37(35,36)32(22-12-11-19(2)25(29)15-22)17-26(33)31(20(3)27(34)30-4)16-21-7-5-6-8-24(21)28/h5-15,20H,16-17H2,1-4H3,(H,30,34)/t20-/m0/s1. The van der Waals surface area contributed by atoms with Crippen LogP contribution in [0.5, 0.6) is 0 Å². The van der Waals surface area contributed by atoms with E-state index < -0.39 is 34.4 Å². The van der Waals surface area contributed by atoms with Crippen molar-refractivity contribution in [2.24, 2.45) is 0 Å². The van der Waals surface area contributed by atoms with Gasteiger partial charge in [0.15, 0.2) is 0 Å². The van der Waals surface area contributed by atoms with E-state index in [4.69, 9.17) is 23.2 Å². The molecule has 0 aliphatic heterocycles. The second kappa shape index (κ2) is 12.0. The number of aryl methyl sites for hydroxylation is 2. The molecule has 0 bridgehead atoms. The summed E-state index contributed by atoms with van der Waals surface area (Å²) in [6, 6.07) is 17.2. The number of carbonyl (C=O) groups is 2. The largest absolute Gasteiger partial charge is 0.357 e. The first-order chi connectivity index (χ1) is 17.4. The first-order valence-corrected chi connectivity index (χ1v) is 13.7. The number of carbonyl (C=O) groups excluding carboxylic acids is 2. The van der Waals surface area contributed by atoms with E-state index in [1.807, 2.05) is 6.92 Å². The normalized spacial score (nSPS) is 12.1. The highest BCUT2D eigenvalue weighted by molar-refractivity contribution is 7.92. The maximum atomic E-state index is 13.8. The highest BCUT2D eigenvalue weighted by Gasteiger charge is 2.32. The van der Waals surface area contributed by atoms with Crippen LogP contribution in [0.3, 0.4) is 0 Å². The van der Waals surface area contributed by atoms with Gasteiger partial charge in [0, 0.05) is 23.6 Å². The first kappa shape index (κ1) is 28.5. The third-order valence-electron chi connectivity index (χ3n) is 6.04. The molecule has 0 aliphatic rings. The molecule has 10 heteroatoms. The maximum Gasteiger partial charge on any atom is 0.264 e. The van der Waals surface area contributed by atoms with E-state index in [1.165, 1.54) is 30.1 Å². The van der Waals surface area contributed by atoms with Crippen molar-refractivity contribution in [1.82, 2.24) is 10.2 Å². The Balaban J connectivity index is 2.07. The number of hydrogen-bond acceptors (Lipinski definition) is 4. The van der Waals surface area contributed by atoms with Gasteiger partial charge in [-0.3, -0.25) is 13.9 Å². The summed E-state index contributed by atoms with van der Waals surface area (Å²) in [5, 5.41) is 3.34. The van der Waals surface area contributed by atoms with Crippen molar-refractivity contribution in [2.75, 3.05) is 17.9 Å². The SMILES string of the molecule is CNC(=O)[C@H](C)N(Cc1ccccc1Cl)C(=O)CN(c1ccc(C)c(Cl)c1)S(=O)(=O)c1ccc(C)cc1. The molecular formula is C27H29Cl2N3O4S. The quantitative estimate of drug-likeness (QED) is 0.399. The Morgan fingerprint density at radius 3 is 2.19 bits per heavy atom. The molecule has 0 radical (unpaired) electrons. The molecule has 3 aromatic carbocycles. The fourth-order valence-corrected chi connectivity index (χ4v) is 5.48. The van der Waals surface area contributed by atoms with Gasteiger partial charge in [0.05, 0.1) is 10.6 Å². The van der Waals surface area contributed by atoms with Crippen LogP contribution in [0.1, 0.15) is 23.6 Å². The highest BCUT2D eigenvalue weighted by atomic mass is 35.5. The second-order valence-electron chi connectivity index (χ2n) is 8.66. The predicted molar refractivity (Wildman–Crippen MR) is 147 cm³/mol. The third-order valence-corrected chi connectivity index (χ3v) is 8.61. The minimum Gasteiger partial charge on any atom is -0.357 e. The van der Waals surface area contributed by atoms with Gasteiger partial charge in [0.2, 0.25) is 11.8 Å². The monoisotopic (exact) mass is 561 g/mol. The second-order valence-corrected chi connectivity index (χ2v) is 11.3. The van der Waals surface area contributed by atoms with E-state index in [0.29, 0.717) is 15.6 Å². The van der Waals surface area contributed by atoms with Crippen molar-refractivity contribution in [2.45, 2.75) is 38.3 Å². The molecule has 7 nitrogen and oxygen atoms in total. The van der Waals surface area contributed by atoms with Gasteiger partial charge in [0.25, 0.3) is 10.0 Å². The van der Waals surface area contributed by atoms with E-state index in [2.05, 4.69) is 5.32 Å². The summed E-state index contributed by atoms with van der Waals surface area (Å²) in [7, 11) is -2.69. The fraction of sp³-hybridized carbons (Fsp3) is 0.259.